The van der Waals surface area contributed by atoms with Crippen LogP contribution >= 0.6 is 0 Å². The maximum absolute atomic E-state index is 12.2. The Kier molecular flexibility index (Phi) is 4.04. The van der Waals surface area contributed by atoms with Gasteiger partial charge in [0.05, 0.1) is 12.8 Å². The van der Waals surface area contributed by atoms with Crippen molar-refractivity contribution in [3.05, 3.63) is 29.8 Å². The number of benzene rings is 1. The maximum atomic E-state index is 12.2. The van der Waals surface area contributed by atoms with Gasteiger partial charge in [0.2, 0.25) is 5.91 Å². The molecule has 0 radical (unpaired) electrons. The minimum atomic E-state index is -0.902. The number of carboxylic acid groups (broad SMARTS) is 1. The van der Waals surface area contributed by atoms with E-state index in [9.17, 15) is 14.7 Å². The lowest BCUT2D eigenvalue weighted by molar-refractivity contribution is -0.138. The lowest BCUT2D eigenvalue weighted by Gasteiger charge is -2.21. The second-order valence-corrected chi connectivity index (χ2v) is 4.77. The fourth-order valence-corrected chi connectivity index (χ4v) is 2.04. The smallest absolute Gasteiger partial charge is 0.305 e. The van der Waals surface area contributed by atoms with Gasteiger partial charge in [-0.2, -0.15) is 0 Å². The highest BCUT2D eigenvalue weighted by molar-refractivity contribution is 5.80. The number of carbonyl (C=O) groups is 2. The standard InChI is InChI=1S/C14H17NO4/c16-12-4-2-1-3-10(12)9-13(17)15(11-5-6-11)8-7-14(18)19/h1-4,11,16H,5-9H2,(H,18,19). The number of phenolic OH excluding ortho intramolecular Hbond substituents is 1. The third-order valence-electron chi connectivity index (χ3n) is 3.21. The number of aliphatic carboxylic acids is 1. The van der Waals surface area contributed by atoms with Gasteiger partial charge in [0, 0.05) is 18.2 Å². The van der Waals surface area contributed by atoms with Gasteiger partial charge in [-0.15, -0.1) is 0 Å². The third kappa shape index (κ3) is 3.71. The molecule has 0 spiro atoms. The number of carboxylic acids is 1. The van der Waals surface area contributed by atoms with Crippen molar-refractivity contribution in [1.29, 1.82) is 0 Å². The summed E-state index contributed by atoms with van der Waals surface area (Å²) >= 11 is 0. The predicted molar refractivity (Wildman–Crippen MR) is 68.8 cm³/mol. The highest BCUT2D eigenvalue weighted by Crippen LogP contribution is 2.28. The molecule has 0 atom stereocenters. The van der Waals surface area contributed by atoms with Crippen molar-refractivity contribution in [2.24, 2.45) is 0 Å². The molecule has 19 heavy (non-hydrogen) atoms. The van der Waals surface area contributed by atoms with E-state index in [0.717, 1.165) is 12.8 Å². The van der Waals surface area contributed by atoms with E-state index in [1.54, 1.807) is 29.2 Å². The Morgan fingerprint density at radius 2 is 1.95 bits per heavy atom. The molecule has 1 aromatic rings. The first-order valence-electron chi connectivity index (χ1n) is 6.36. The number of phenols is 1. The molecule has 0 saturated heterocycles. The maximum Gasteiger partial charge on any atom is 0.305 e. The van der Waals surface area contributed by atoms with Gasteiger partial charge < -0.3 is 15.1 Å². The van der Waals surface area contributed by atoms with Crippen molar-refractivity contribution in [3.63, 3.8) is 0 Å². The first-order valence-corrected chi connectivity index (χ1v) is 6.36. The van der Waals surface area contributed by atoms with Gasteiger partial charge in [0.15, 0.2) is 0 Å². The average molecular weight is 263 g/mol. The Labute approximate surface area is 111 Å². The topological polar surface area (TPSA) is 77.8 Å². The summed E-state index contributed by atoms with van der Waals surface area (Å²) in [4.78, 5) is 24.4. The highest BCUT2D eigenvalue weighted by atomic mass is 16.4. The molecule has 1 aliphatic rings. The molecule has 0 bridgehead atoms. The van der Waals surface area contributed by atoms with E-state index in [0.29, 0.717) is 5.56 Å². The second kappa shape index (κ2) is 5.73. The van der Waals surface area contributed by atoms with Gasteiger partial charge in [-0.3, -0.25) is 9.59 Å². The Bertz CT molecular complexity index is 482. The minimum absolute atomic E-state index is 0.0387. The molecule has 2 N–H and O–H groups in total. The number of hydrogen-bond donors (Lipinski definition) is 2. The van der Waals surface area contributed by atoms with Crippen LogP contribution in [0, 0.1) is 0 Å². The van der Waals surface area contributed by atoms with E-state index in [1.807, 2.05) is 0 Å². The number of amides is 1. The van der Waals surface area contributed by atoms with Crippen molar-refractivity contribution in [2.45, 2.75) is 31.7 Å². The summed E-state index contributed by atoms with van der Waals surface area (Å²) in [7, 11) is 0. The summed E-state index contributed by atoms with van der Waals surface area (Å²) in [5.74, 6) is -0.920. The fourth-order valence-electron chi connectivity index (χ4n) is 2.04. The summed E-state index contributed by atoms with van der Waals surface area (Å²) in [6.45, 7) is 0.242. The van der Waals surface area contributed by atoms with Crippen LogP contribution in [-0.4, -0.2) is 39.6 Å². The van der Waals surface area contributed by atoms with E-state index in [4.69, 9.17) is 5.11 Å². The summed E-state index contributed by atoms with van der Waals surface area (Å²) < 4.78 is 0. The van der Waals surface area contributed by atoms with Crippen LogP contribution in [0.4, 0.5) is 0 Å². The SMILES string of the molecule is O=C(O)CCN(C(=O)Cc1ccccc1O)C1CC1. The number of carbonyl (C=O) groups excluding carboxylic acids is 1. The van der Waals surface area contributed by atoms with Crippen LogP contribution in [0.3, 0.4) is 0 Å². The lowest BCUT2D eigenvalue weighted by Crippen LogP contribution is -2.36. The Hall–Kier alpha value is -2.04. The zero-order valence-electron chi connectivity index (χ0n) is 10.6. The Balaban J connectivity index is 1.99. The molecule has 1 amide bonds. The van der Waals surface area contributed by atoms with Gasteiger partial charge in [0.1, 0.15) is 5.75 Å². The average Bonchev–Trinajstić information content (AvgIpc) is 3.16. The molecule has 1 saturated carbocycles. The molecule has 0 aliphatic heterocycles. The zero-order chi connectivity index (χ0) is 13.8. The highest BCUT2D eigenvalue weighted by Gasteiger charge is 2.32. The third-order valence-corrected chi connectivity index (χ3v) is 3.21. The van der Waals surface area contributed by atoms with Crippen molar-refractivity contribution in [3.8, 4) is 5.75 Å². The van der Waals surface area contributed by atoms with Crippen LogP contribution in [0.15, 0.2) is 24.3 Å². The van der Waals surface area contributed by atoms with E-state index in [2.05, 4.69) is 0 Å². The molecule has 2 rings (SSSR count). The van der Waals surface area contributed by atoms with Crippen LogP contribution in [0.5, 0.6) is 5.75 Å². The second-order valence-electron chi connectivity index (χ2n) is 4.77. The Morgan fingerprint density at radius 1 is 1.26 bits per heavy atom. The van der Waals surface area contributed by atoms with E-state index >= 15 is 0 Å². The molecule has 102 valence electrons. The quantitative estimate of drug-likeness (QED) is 0.813. The zero-order valence-corrected chi connectivity index (χ0v) is 10.6. The molecule has 1 aliphatic carbocycles. The number of rotatable bonds is 6. The van der Waals surface area contributed by atoms with Crippen molar-refractivity contribution >= 4 is 11.9 Å². The minimum Gasteiger partial charge on any atom is -0.508 e. The van der Waals surface area contributed by atoms with Crippen LogP contribution in [-0.2, 0) is 16.0 Å². The first-order chi connectivity index (χ1) is 9.08. The molecule has 0 unspecified atom stereocenters. The van der Waals surface area contributed by atoms with Gasteiger partial charge in [-0.05, 0) is 18.9 Å². The number of para-hydroxylation sites is 1. The van der Waals surface area contributed by atoms with E-state index in [-0.39, 0.29) is 37.1 Å². The van der Waals surface area contributed by atoms with Crippen LogP contribution < -0.4 is 0 Å². The van der Waals surface area contributed by atoms with Crippen LogP contribution in [0.1, 0.15) is 24.8 Å². The summed E-state index contributed by atoms with van der Waals surface area (Å²) in [5.41, 5.74) is 0.577. The number of aromatic hydroxyl groups is 1. The van der Waals surface area contributed by atoms with E-state index < -0.39 is 5.97 Å². The molecule has 0 heterocycles. The number of nitrogens with zero attached hydrogens (tertiary/aromatic N) is 1. The molecular formula is C14H17NO4. The Morgan fingerprint density at radius 3 is 2.53 bits per heavy atom. The predicted octanol–water partition coefficient (Wildman–Crippen LogP) is 1.40. The normalized spacial score (nSPS) is 14.1. The van der Waals surface area contributed by atoms with Gasteiger partial charge >= 0.3 is 5.97 Å². The number of hydrogen-bond acceptors (Lipinski definition) is 3. The molecule has 1 fully saturated rings. The largest absolute Gasteiger partial charge is 0.508 e. The van der Waals surface area contributed by atoms with Crippen molar-refractivity contribution < 1.29 is 19.8 Å². The van der Waals surface area contributed by atoms with Gasteiger partial charge in [-0.1, -0.05) is 18.2 Å². The van der Waals surface area contributed by atoms with Crippen LogP contribution in [0.25, 0.3) is 0 Å². The van der Waals surface area contributed by atoms with Gasteiger partial charge in [-0.25, -0.2) is 0 Å². The summed E-state index contributed by atoms with van der Waals surface area (Å²) in [6, 6.07) is 6.89. The molecule has 0 aromatic heterocycles. The molecule has 5 heteroatoms. The fraction of sp³-hybridized carbons (Fsp3) is 0.429. The molecule has 1 aromatic carbocycles. The molecule has 5 nitrogen and oxygen atoms in total. The van der Waals surface area contributed by atoms with Crippen molar-refractivity contribution in [1.82, 2.24) is 4.90 Å². The molecular weight excluding hydrogens is 246 g/mol. The van der Waals surface area contributed by atoms with E-state index in [1.165, 1.54) is 0 Å². The summed E-state index contributed by atoms with van der Waals surface area (Å²) in [6.07, 6.45) is 1.95. The lowest BCUT2D eigenvalue weighted by atomic mass is 10.1. The monoisotopic (exact) mass is 263 g/mol. The van der Waals surface area contributed by atoms with Crippen LogP contribution in [0.2, 0.25) is 0 Å². The van der Waals surface area contributed by atoms with Crippen molar-refractivity contribution in [2.75, 3.05) is 6.54 Å². The first kappa shape index (κ1) is 13.4. The van der Waals surface area contributed by atoms with Gasteiger partial charge in [0.25, 0.3) is 0 Å². The summed E-state index contributed by atoms with van der Waals surface area (Å²) in [5, 5.41) is 18.4.